The van der Waals surface area contributed by atoms with Crippen molar-refractivity contribution in [2.75, 3.05) is 13.2 Å². The summed E-state index contributed by atoms with van der Waals surface area (Å²) in [6.07, 6.45) is 4.69. The zero-order chi connectivity index (χ0) is 11.8. The summed E-state index contributed by atoms with van der Waals surface area (Å²) in [5.41, 5.74) is 1.18. The number of hydrogen-bond acceptors (Lipinski definition) is 3. The summed E-state index contributed by atoms with van der Waals surface area (Å²) in [4.78, 5) is 4.10. The van der Waals surface area contributed by atoms with Crippen LogP contribution in [0.5, 0.6) is 5.75 Å². The van der Waals surface area contributed by atoms with Gasteiger partial charge in [0.1, 0.15) is 5.75 Å². The van der Waals surface area contributed by atoms with E-state index in [1.165, 1.54) is 5.56 Å². The van der Waals surface area contributed by atoms with Crippen molar-refractivity contribution in [1.29, 1.82) is 0 Å². The summed E-state index contributed by atoms with van der Waals surface area (Å²) < 4.78 is 5.74. The second-order valence-corrected chi connectivity index (χ2v) is 4.29. The van der Waals surface area contributed by atoms with Gasteiger partial charge in [0.2, 0.25) is 0 Å². The summed E-state index contributed by atoms with van der Waals surface area (Å²) in [7, 11) is 0. The highest BCUT2D eigenvalue weighted by atomic mass is 16.5. The molecule has 0 fully saturated rings. The zero-order valence-electron chi connectivity index (χ0n) is 10.5. The van der Waals surface area contributed by atoms with E-state index in [2.05, 4.69) is 31.1 Å². The van der Waals surface area contributed by atoms with Gasteiger partial charge in [-0.15, -0.1) is 0 Å². The molecule has 1 aromatic heterocycles. The lowest BCUT2D eigenvalue weighted by Crippen LogP contribution is -2.13. The van der Waals surface area contributed by atoms with Gasteiger partial charge in [-0.25, -0.2) is 0 Å². The van der Waals surface area contributed by atoms with Crippen molar-refractivity contribution in [3.63, 3.8) is 0 Å². The Labute approximate surface area is 98.2 Å². The van der Waals surface area contributed by atoms with Gasteiger partial charge in [0.25, 0.3) is 0 Å². The predicted molar refractivity (Wildman–Crippen MR) is 66.6 cm³/mol. The van der Waals surface area contributed by atoms with Crippen molar-refractivity contribution in [2.24, 2.45) is 5.92 Å². The molecule has 0 aliphatic heterocycles. The highest BCUT2D eigenvalue weighted by Crippen LogP contribution is 2.16. The Bertz CT molecular complexity index is 300. The van der Waals surface area contributed by atoms with Crippen LogP contribution in [0.4, 0.5) is 0 Å². The molecule has 0 spiro atoms. The Morgan fingerprint density at radius 3 is 2.94 bits per heavy atom. The van der Waals surface area contributed by atoms with Crippen molar-refractivity contribution >= 4 is 0 Å². The largest absolute Gasteiger partial charge is 0.492 e. The highest BCUT2D eigenvalue weighted by molar-refractivity contribution is 5.29. The molecule has 0 saturated carbocycles. The fourth-order valence-electron chi connectivity index (χ4n) is 1.35. The Morgan fingerprint density at radius 2 is 2.25 bits per heavy atom. The van der Waals surface area contributed by atoms with Crippen molar-refractivity contribution in [3.8, 4) is 5.75 Å². The lowest BCUT2D eigenvalue weighted by molar-refractivity contribution is 0.285. The van der Waals surface area contributed by atoms with E-state index < -0.39 is 0 Å². The third-order valence-electron chi connectivity index (χ3n) is 2.39. The maximum absolute atomic E-state index is 5.74. The monoisotopic (exact) mass is 222 g/mol. The number of nitrogens with zero attached hydrogens (tertiary/aromatic N) is 1. The molecule has 0 atom stereocenters. The zero-order valence-corrected chi connectivity index (χ0v) is 10.5. The van der Waals surface area contributed by atoms with Gasteiger partial charge in [-0.05, 0) is 24.9 Å². The van der Waals surface area contributed by atoms with E-state index in [4.69, 9.17) is 4.74 Å². The van der Waals surface area contributed by atoms with E-state index in [-0.39, 0.29) is 0 Å². The number of ether oxygens (including phenoxy) is 1. The van der Waals surface area contributed by atoms with Crippen LogP contribution in [0.1, 0.15) is 32.8 Å². The molecule has 3 heteroatoms. The van der Waals surface area contributed by atoms with Gasteiger partial charge in [-0.3, -0.25) is 4.98 Å². The van der Waals surface area contributed by atoms with Crippen molar-refractivity contribution in [2.45, 2.75) is 33.7 Å². The smallest absolute Gasteiger partial charge is 0.142 e. The third kappa shape index (κ3) is 4.62. The van der Waals surface area contributed by atoms with Crippen LogP contribution in [-0.2, 0) is 6.54 Å². The Balaban J connectivity index is 2.49. The van der Waals surface area contributed by atoms with Crippen LogP contribution in [0.25, 0.3) is 0 Å². The van der Waals surface area contributed by atoms with Crippen LogP contribution >= 0.6 is 0 Å². The number of aromatic nitrogens is 1. The molecule has 1 rings (SSSR count). The summed E-state index contributed by atoms with van der Waals surface area (Å²) in [6, 6.07) is 2.01. The normalized spacial score (nSPS) is 10.8. The van der Waals surface area contributed by atoms with Gasteiger partial charge >= 0.3 is 0 Å². The van der Waals surface area contributed by atoms with Crippen LogP contribution < -0.4 is 10.1 Å². The van der Waals surface area contributed by atoms with E-state index in [0.717, 1.165) is 31.9 Å². The maximum Gasteiger partial charge on any atom is 0.142 e. The van der Waals surface area contributed by atoms with E-state index >= 15 is 0 Å². The van der Waals surface area contributed by atoms with Crippen LogP contribution in [0.2, 0.25) is 0 Å². The van der Waals surface area contributed by atoms with E-state index in [1.807, 2.05) is 12.3 Å². The quantitative estimate of drug-likeness (QED) is 0.770. The molecule has 1 heterocycles. The number of hydrogen-bond donors (Lipinski definition) is 1. The number of nitrogens with one attached hydrogen (secondary N) is 1. The number of pyridine rings is 1. The second kappa shape index (κ2) is 7.23. The maximum atomic E-state index is 5.74. The lowest BCUT2D eigenvalue weighted by Gasteiger charge is -2.12. The van der Waals surface area contributed by atoms with Gasteiger partial charge in [0.05, 0.1) is 12.8 Å². The number of rotatable bonds is 7. The molecule has 1 N–H and O–H groups in total. The minimum absolute atomic E-state index is 0.675. The Hall–Kier alpha value is -1.09. The van der Waals surface area contributed by atoms with Crippen molar-refractivity contribution in [1.82, 2.24) is 10.3 Å². The first kappa shape index (κ1) is 13.0. The molecule has 90 valence electrons. The lowest BCUT2D eigenvalue weighted by atomic mass is 10.1. The molecule has 0 aromatic carbocycles. The fourth-order valence-corrected chi connectivity index (χ4v) is 1.35. The van der Waals surface area contributed by atoms with Gasteiger partial charge in [-0.1, -0.05) is 20.8 Å². The van der Waals surface area contributed by atoms with Crippen LogP contribution in [0.3, 0.4) is 0 Å². The predicted octanol–water partition coefficient (Wildman–Crippen LogP) is 2.62. The first-order chi connectivity index (χ1) is 7.74. The molecule has 16 heavy (non-hydrogen) atoms. The summed E-state index contributed by atoms with van der Waals surface area (Å²) in [5.74, 6) is 1.58. The second-order valence-electron chi connectivity index (χ2n) is 4.29. The van der Waals surface area contributed by atoms with Crippen LogP contribution in [0.15, 0.2) is 18.5 Å². The average molecular weight is 222 g/mol. The summed E-state index contributed by atoms with van der Waals surface area (Å²) >= 11 is 0. The molecular formula is C13H22N2O. The summed E-state index contributed by atoms with van der Waals surface area (Å²) in [6.45, 7) is 9.07. The molecular weight excluding hydrogens is 200 g/mol. The van der Waals surface area contributed by atoms with Gasteiger partial charge in [-0.2, -0.15) is 0 Å². The van der Waals surface area contributed by atoms with Crippen molar-refractivity contribution in [3.05, 3.63) is 24.0 Å². The van der Waals surface area contributed by atoms with Crippen LogP contribution in [-0.4, -0.2) is 18.1 Å². The fraction of sp³-hybridized carbons (Fsp3) is 0.615. The molecule has 1 aromatic rings. The summed E-state index contributed by atoms with van der Waals surface area (Å²) in [5, 5.41) is 3.30. The van der Waals surface area contributed by atoms with E-state index in [1.54, 1.807) is 6.20 Å². The van der Waals surface area contributed by atoms with Gasteiger partial charge in [0.15, 0.2) is 0 Å². The first-order valence-electron chi connectivity index (χ1n) is 6.00. The van der Waals surface area contributed by atoms with E-state index in [9.17, 15) is 0 Å². The molecule has 0 amide bonds. The Morgan fingerprint density at radius 1 is 1.44 bits per heavy atom. The molecule has 0 radical (unpaired) electrons. The molecule has 3 nitrogen and oxygen atoms in total. The Kier molecular flexibility index (Phi) is 5.86. The molecule has 0 aliphatic carbocycles. The SMILES string of the molecule is CCNCc1ccncc1OCCC(C)C. The topological polar surface area (TPSA) is 34.2 Å². The third-order valence-corrected chi connectivity index (χ3v) is 2.39. The first-order valence-corrected chi connectivity index (χ1v) is 6.00. The average Bonchev–Trinajstić information content (AvgIpc) is 2.27. The van der Waals surface area contributed by atoms with Crippen molar-refractivity contribution < 1.29 is 4.74 Å². The molecule has 0 bridgehead atoms. The highest BCUT2D eigenvalue weighted by Gasteiger charge is 2.03. The molecule has 0 aliphatic rings. The molecule has 0 saturated heterocycles. The minimum Gasteiger partial charge on any atom is -0.492 e. The van der Waals surface area contributed by atoms with Crippen LogP contribution in [0, 0.1) is 5.92 Å². The van der Waals surface area contributed by atoms with Gasteiger partial charge in [0, 0.05) is 18.3 Å². The standard InChI is InChI=1S/C13H22N2O/c1-4-14-9-12-5-7-15-10-13(12)16-8-6-11(2)3/h5,7,10-11,14H,4,6,8-9H2,1-3H3. The van der Waals surface area contributed by atoms with Gasteiger partial charge < -0.3 is 10.1 Å². The minimum atomic E-state index is 0.675. The molecule has 0 unspecified atom stereocenters. The van der Waals surface area contributed by atoms with E-state index in [0.29, 0.717) is 5.92 Å².